The van der Waals surface area contributed by atoms with Crippen LogP contribution in [0.2, 0.25) is 0 Å². The zero-order valence-corrected chi connectivity index (χ0v) is 15.3. The van der Waals surface area contributed by atoms with Crippen molar-refractivity contribution in [2.24, 2.45) is 0 Å². The van der Waals surface area contributed by atoms with Gasteiger partial charge in [-0.25, -0.2) is 13.4 Å². The summed E-state index contributed by atoms with van der Waals surface area (Å²) >= 11 is 0. The van der Waals surface area contributed by atoms with Crippen LogP contribution < -0.4 is 5.32 Å². The summed E-state index contributed by atoms with van der Waals surface area (Å²) < 4.78 is 27.4. The Morgan fingerprint density at radius 2 is 2.08 bits per heavy atom. The molecule has 0 spiro atoms. The van der Waals surface area contributed by atoms with E-state index < -0.39 is 10.0 Å². The highest BCUT2D eigenvalue weighted by Gasteiger charge is 2.32. The molecule has 1 amide bonds. The number of aromatic nitrogens is 2. The van der Waals surface area contributed by atoms with Crippen molar-refractivity contribution in [3.8, 4) is 0 Å². The van der Waals surface area contributed by atoms with E-state index >= 15 is 0 Å². The molecule has 1 atom stereocenters. The largest absolute Gasteiger partial charge is 0.345 e. The number of hydrogen-bond donors (Lipinski definition) is 2. The van der Waals surface area contributed by atoms with Gasteiger partial charge in [-0.3, -0.25) is 4.79 Å². The smallest absolute Gasteiger partial charge is 0.245 e. The molecule has 2 saturated heterocycles. The van der Waals surface area contributed by atoms with Crippen LogP contribution in [-0.2, 0) is 14.8 Å². The minimum absolute atomic E-state index is 0.109. The lowest BCUT2D eigenvalue weighted by Gasteiger charge is -2.34. The number of carbonyl (C=O) groups is 1. The molecule has 2 aliphatic rings. The van der Waals surface area contributed by atoms with Gasteiger partial charge in [0.1, 0.15) is 10.5 Å². The first-order valence-corrected chi connectivity index (χ1v) is 10.4. The van der Waals surface area contributed by atoms with Gasteiger partial charge in [-0.1, -0.05) is 0 Å². The van der Waals surface area contributed by atoms with Crippen molar-refractivity contribution in [3.63, 3.8) is 0 Å². The van der Waals surface area contributed by atoms with Crippen LogP contribution in [0.5, 0.6) is 0 Å². The Labute approximate surface area is 152 Å². The van der Waals surface area contributed by atoms with Gasteiger partial charge in [0, 0.05) is 56.4 Å². The third-order valence-electron chi connectivity index (χ3n) is 5.21. The van der Waals surface area contributed by atoms with Gasteiger partial charge in [0.2, 0.25) is 15.9 Å². The summed E-state index contributed by atoms with van der Waals surface area (Å²) in [6.45, 7) is 2.48. The number of nitrogens with one attached hydrogen (secondary N) is 2. The predicted octanol–water partition coefficient (Wildman–Crippen LogP) is 0.538. The number of aromatic amines is 1. The lowest BCUT2D eigenvalue weighted by Crippen LogP contribution is -2.51. The first-order chi connectivity index (χ1) is 12.6. The number of piperazine rings is 1. The van der Waals surface area contributed by atoms with Gasteiger partial charge >= 0.3 is 0 Å². The van der Waals surface area contributed by atoms with Gasteiger partial charge in [-0.05, 0) is 31.5 Å². The second-order valence-corrected chi connectivity index (χ2v) is 8.74. The molecule has 0 saturated carbocycles. The van der Waals surface area contributed by atoms with Crippen molar-refractivity contribution in [3.05, 3.63) is 24.5 Å². The maximum Gasteiger partial charge on any atom is 0.245 e. The molecule has 0 aliphatic carbocycles. The van der Waals surface area contributed by atoms with Gasteiger partial charge in [-0.15, -0.1) is 0 Å². The summed E-state index contributed by atoms with van der Waals surface area (Å²) in [5.41, 5.74) is 0.559. The quantitative estimate of drug-likeness (QED) is 0.810. The zero-order valence-electron chi connectivity index (χ0n) is 14.5. The van der Waals surface area contributed by atoms with E-state index in [-0.39, 0.29) is 16.8 Å². The fourth-order valence-electron chi connectivity index (χ4n) is 3.73. The number of sulfonamides is 1. The summed E-state index contributed by atoms with van der Waals surface area (Å²) in [4.78, 5) is 21.5. The summed E-state index contributed by atoms with van der Waals surface area (Å²) in [6, 6.07) is 3.74. The van der Waals surface area contributed by atoms with Gasteiger partial charge in [0.15, 0.2) is 0 Å². The molecule has 0 aromatic carbocycles. The maximum atomic E-state index is 13.0. The highest BCUT2D eigenvalue weighted by atomic mass is 32.2. The van der Waals surface area contributed by atoms with E-state index in [1.165, 1.54) is 10.5 Å². The number of fused-ring (bicyclic) bond motifs is 1. The SMILES string of the molecule is O=C(CC1CCCN1)N1CCN(S(=O)(=O)c2c[nH]c3ncccc23)CC1. The molecular weight excluding hydrogens is 354 g/mol. The van der Waals surface area contributed by atoms with Crippen LogP contribution in [0.25, 0.3) is 11.0 Å². The minimum atomic E-state index is -3.61. The van der Waals surface area contributed by atoms with E-state index in [4.69, 9.17) is 0 Å². The molecule has 2 aliphatic heterocycles. The van der Waals surface area contributed by atoms with Crippen molar-refractivity contribution < 1.29 is 13.2 Å². The Morgan fingerprint density at radius 3 is 2.81 bits per heavy atom. The second kappa shape index (κ2) is 6.98. The highest BCUT2D eigenvalue weighted by Crippen LogP contribution is 2.25. The number of hydrogen-bond acceptors (Lipinski definition) is 5. The minimum Gasteiger partial charge on any atom is -0.345 e. The van der Waals surface area contributed by atoms with Gasteiger partial charge in [-0.2, -0.15) is 4.31 Å². The molecule has 2 fully saturated rings. The Bertz CT molecular complexity index is 896. The number of nitrogens with zero attached hydrogens (tertiary/aromatic N) is 3. The summed E-state index contributed by atoms with van der Waals surface area (Å²) in [7, 11) is -3.61. The third kappa shape index (κ3) is 3.22. The molecule has 9 heteroatoms. The topological polar surface area (TPSA) is 98.4 Å². The molecule has 0 radical (unpaired) electrons. The predicted molar refractivity (Wildman–Crippen MR) is 97.1 cm³/mol. The fraction of sp³-hybridized carbons (Fsp3) is 0.529. The number of rotatable bonds is 4. The van der Waals surface area contributed by atoms with E-state index in [0.717, 1.165) is 19.4 Å². The van der Waals surface area contributed by atoms with Crippen LogP contribution in [0.4, 0.5) is 0 Å². The average Bonchev–Trinajstić information content (AvgIpc) is 3.31. The molecule has 1 unspecified atom stereocenters. The van der Waals surface area contributed by atoms with Crippen molar-refractivity contribution in [1.29, 1.82) is 0 Å². The zero-order chi connectivity index (χ0) is 18.1. The lowest BCUT2D eigenvalue weighted by atomic mass is 10.1. The molecule has 4 heterocycles. The van der Waals surface area contributed by atoms with E-state index in [1.807, 2.05) is 0 Å². The molecule has 26 heavy (non-hydrogen) atoms. The summed E-state index contributed by atoms with van der Waals surface area (Å²) in [5, 5.41) is 3.93. The van der Waals surface area contributed by atoms with Crippen LogP contribution in [0.1, 0.15) is 19.3 Å². The molecule has 8 nitrogen and oxygen atoms in total. The number of pyridine rings is 1. The molecule has 4 rings (SSSR count). The first-order valence-electron chi connectivity index (χ1n) is 8.99. The molecule has 2 aromatic rings. The summed E-state index contributed by atoms with van der Waals surface area (Å²) in [5.74, 6) is 0.109. The third-order valence-corrected chi connectivity index (χ3v) is 7.14. The maximum absolute atomic E-state index is 13.0. The fourth-order valence-corrected chi connectivity index (χ4v) is 5.30. The van der Waals surface area contributed by atoms with Gasteiger partial charge in [0.25, 0.3) is 0 Å². The van der Waals surface area contributed by atoms with Crippen molar-refractivity contribution in [2.75, 3.05) is 32.7 Å². The van der Waals surface area contributed by atoms with Crippen LogP contribution in [0.15, 0.2) is 29.4 Å². The standard InChI is InChI=1S/C17H23N5O3S/c23-16(11-13-3-1-5-18-13)21-7-9-22(10-8-21)26(24,25)15-12-20-17-14(15)4-2-6-19-17/h2,4,6,12-13,18H,1,3,5,7-11H2,(H,19,20). The van der Waals surface area contributed by atoms with E-state index in [2.05, 4.69) is 15.3 Å². The monoisotopic (exact) mass is 377 g/mol. The lowest BCUT2D eigenvalue weighted by molar-refractivity contribution is -0.132. The van der Waals surface area contributed by atoms with Crippen molar-refractivity contribution >= 4 is 27.0 Å². The Balaban J connectivity index is 1.43. The first kappa shape index (κ1) is 17.4. The Kier molecular flexibility index (Phi) is 4.68. The van der Waals surface area contributed by atoms with E-state index in [9.17, 15) is 13.2 Å². The molecule has 2 N–H and O–H groups in total. The number of amides is 1. The highest BCUT2D eigenvalue weighted by molar-refractivity contribution is 7.89. The number of carbonyl (C=O) groups excluding carboxylic acids is 1. The Hall–Kier alpha value is -1.97. The molecule has 0 bridgehead atoms. The molecule has 140 valence electrons. The van der Waals surface area contributed by atoms with Crippen LogP contribution in [0, 0.1) is 0 Å². The Morgan fingerprint density at radius 1 is 1.27 bits per heavy atom. The van der Waals surface area contributed by atoms with Crippen LogP contribution in [-0.4, -0.2) is 72.3 Å². The number of H-pyrrole nitrogens is 1. The van der Waals surface area contributed by atoms with Crippen LogP contribution >= 0.6 is 0 Å². The second-order valence-electron chi connectivity index (χ2n) is 6.83. The van der Waals surface area contributed by atoms with Crippen LogP contribution in [0.3, 0.4) is 0 Å². The van der Waals surface area contributed by atoms with Gasteiger partial charge in [0.05, 0.1) is 0 Å². The van der Waals surface area contributed by atoms with Crippen molar-refractivity contribution in [2.45, 2.75) is 30.2 Å². The summed E-state index contributed by atoms with van der Waals surface area (Å²) in [6.07, 6.45) is 5.77. The molecule has 2 aromatic heterocycles. The van der Waals surface area contributed by atoms with E-state index in [0.29, 0.717) is 43.6 Å². The van der Waals surface area contributed by atoms with Crippen molar-refractivity contribution in [1.82, 2.24) is 24.5 Å². The van der Waals surface area contributed by atoms with Gasteiger partial charge < -0.3 is 15.2 Å². The normalized spacial score (nSPS) is 22.2. The average molecular weight is 377 g/mol. The van der Waals surface area contributed by atoms with E-state index in [1.54, 1.807) is 23.2 Å². The molecular formula is C17H23N5O3S.